The third-order valence-corrected chi connectivity index (χ3v) is 5.91. The van der Waals surface area contributed by atoms with Crippen LogP contribution in [0.15, 0.2) is 18.2 Å². The predicted molar refractivity (Wildman–Crippen MR) is 117 cm³/mol. The Hall–Kier alpha value is -1.34. The van der Waals surface area contributed by atoms with E-state index in [1.54, 1.807) is 19.2 Å². The van der Waals surface area contributed by atoms with Crippen LogP contribution < -0.4 is 5.32 Å². The minimum atomic E-state index is -0.614. The van der Waals surface area contributed by atoms with Crippen molar-refractivity contribution in [2.45, 2.75) is 39.3 Å². The summed E-state index contributed by atoms with van der Waals surface area (Å²) < 4.78 is 5.20. The van der Waals surface area contributed by atoms with Crippen LogP contribution in [0.4, 0.5) is 0 Å². The molecule has 6 nitrogen and oxygen atoms in total. The molecule has 0 spiro atoms. The van der Waals surface area contributed by atoms with Crippen molar-refractivity contribution in [3.63, 3.8) is 0 Å². The average Bonchev–Trinajstić information content (AvgIpc) is 2.69. The van der Waals surface area contributed by atoms with Gasteiger partial charge in [-0.15, -0.1) is 0 Å². The van der Waals surface area contributed by atoms with E-state index in [0.717, 1.165) is 19.5 Å². The van der Waals surface area contributed by atoms with Crippen LogP contribution in [-0.4, -0.2) is 73.6 Å². The normalized spacial score (nSPS) is 18.7. The molecular formula is C21H31Cl2N3O3. The molecule has 2 rings (SSSR count). The van der Waals surface area contributed by atoms with Crippen molar-refractivity contribution in [1.82, 2.24) is 15.1 Å². The molecule has 1 fully saturated rings. The number of carbonyl (C=O) groups is 2. The molecule has 0 saturated carbocycles. The highest BCUT2D eigenvalue weighted by Crippen LogP contribution is 2.22. The van der Waals surface area contributed by atoms with Crippen molar-refractivity contribution >= 4 is 35.0 Å². The van der Waals surface area contributed by atoms with Crippen LogP contribution in [0.5, 0.6) is 0 Å². The quantitative estimate of drug-likeness (QED) is 0.669. The summed E-state index contributed by atoms with van der Waals surface area (Å²) in [7, 11) is 1.70. The van der Waals surface area contributed by atoms with Gasteiger partial charge >= 0.3 is 0 Å². The first kappa shape index (κ1) is 23.9. The van der Waals surface area contributed by atoms with Crippen LogP contribution >= 0.6 is 23.2 Å². The van der Waals surface area contributed by atoms with E-state index in [1.807, 2.05) is 18.7 Å². The number of amides is 2. The fourth-order valence-electron chi connectivity index (χ4n) is 3.59. The average molecular weight is 444 g/mol. The first-order chi connectivity index (χ1) is 13.8. The first-order valence-electron chi connectivity index (χ1n) is 10.1. The number of halogens is 2. The molecule has 2 atom stereocenters. The monoisotopic (exact) mass is 443 g/mol. The Morgan fingerprint density at radius 1 is 1.28 bits per heavy atom. The molecule has 162 valence electrons. The number of nitrogens with zero attached hydrogens (tertiary/aromatic N) is 2. The van der Waals surface area contributed by atoms with Crippen LogP contribution in [0.3, 0.4) is 0 Å². The standard InChI is InChI=1S/C21H31Cl2N3O3/c1-5-16-13-26(9-8-25(16)10-11-29-4)21(28)19(14(2)3)24-20(27)17-7-6-15(22)12-18(17)23/h6-7,12,14,16,19H,5,8-11,13H2,1-4H3,(H,24,27). The van der Waals surface area contributed by atoms with Gasteiger partial charge in [0.1, 0.15) is 6.04 Å². The third kappa shape index (κ3) is 6.32. The highest BCUT2D eigenvalue weighted by atomic mass is 35.5. The SMILES string of the molecule is CCC1CN(C(=O)C(NC(=O)c2ccc(Cl)cc2Cl)C(C)C)CCN1CCOC. The zero-order valence-electron chi connectivity index (χ0n) is 17.6. The van der Waals surface area contributed by atoms with Gasteiger partial charge in [-0.05, 0) is 30.5 Å². The second-order valence-corrected chi connectivity index (χ2v) is 8.54. The molecule has 1 heterocycles. The molecule has 0 aliphatic carbocycles. The maximum Gasteiger partial charge on any atom is 0.253 e. The zero-order chi connectivity index (χ0) is 21.6. The number of methoxy groups -OCH3 is 1. The molecule has 2 unspecified atom stereocenters. The smallest absolute Gasteiger partial charge is 0.253 e. The lowest BCUT2D eigenvalue weighted by atomic mass is 10.0. The maximum atomic E-state index is 13.2. The van der Waals surface area contributed by atoms with Crippen molar-refractivity contribution in [2.24, 2.45) is 5.92 Å². The van der Waals surface area contributed by atoms with Gasteiger partial charge in [-0.3, -0.25) is 14.5 Å². The van der Waals surface area contributed by atoms with E-state index in [-0.39, 0.29) is 28.8 Å². The van der Waals surface area contributed by atoms with Crippen LogP contribution in [0.1, 0.15) is 37.6 Å². The van der Waals surface area contributed by atoms with E-state index in [2.05, 4.69) is 17.1 Å². The third-order valence-electron chi connectivity index (χ3n) is 5.37. The van der Waals surface area contributed by atoms with Crippen LogP contribution in [0.25, 0.3) is 0 Å². The first-order valence-corrected chi connectivity index (χ1v) is 10.8. The van der Waals surface area contributed by atoms with Gasteiger partial charge in [-0.1, -0.05) is 44.0 Å². The van der Waals surface area contributed by atoms with Gasteiger partial charge in [0.05, 0.1) is 17.2 Å². The molecule has 0 aromatic heterocycles. The highest BCUT2D eigenvalue weighted by molar-refractivity contribution is 6.36. The van der Waals surface area contributed by atoms with Crippen molar-refractivity contribution in [2.75, 3.05) is 39.9 Å². The summed E-state index contributed by atoms with van der Waals surface area (Å²) in [4.78, 5) is 30.2. The summed E-state index contributed by atoms with van der Waals surface area (Å²) in [5, 5.41) is 3.60. The Labute approximate surface area is 183 Å². The van der Waals surface area contributed by atoms with Gasteiger partial charge in [-0.25, -0.2) is 0 Å². The number of ether oxygens (including phenoxy) is 1. The molecular weight excluding hydrogens is 413 g/mol. The van der Waals surface area contributed by atoms with E-state index in [9.17, 15) is 9.59 Å². The number of benzene rings is 1. The van der Waals surface area contributed by atoms with Gasteiger partial charge < -0.3 is 15.0 Å². The molecule has 2 amide bonds. The number of rotatable bonds is 8. The lowest BCUT2D eigenvalue weighted by Gasteiger charge is -2.42. The highest BCUT2D eigenvalue weighted by Gasteiger charge is 2.34. The van der Waals surface area contributed by atoms with Crippen molar-refractivity contribution < 1.29 is 14.3 Å². The summed E-state index contributed by atoms with van der Waals surface area (Å²) in [5.41, 5.74) is 0.310. The summed E-state index contributed by atoms with van der Waals surface area (Å²) in [6, 6.07) is 4.38. The summed E-state index contributed by atoms with van der Waals surface area (Å²) in [6.45, 7) is 9.61. The van der Waals surface area contributed by atoms with Gasteiger partial charge in [0.2, 0.25) is 5.91 Å². The van der Waals surface area contributed by atoms with E-state index in [0.29, 0.717) is 30.3 Å². The van der Waals surface area contributed by atoms with Gasteiger partial charge in [0.15, 0.2) is 0 Å². The fourth-order valence-corrected chi connectivity index (χ4v) is 4.08. The second kappa shape index (κ2) is 11.2. The molecule has 0 radical (unpaired) electrons. The molecule has 1 aliphatic heterocycles. The van der Waals surface area contributed by atoms with Crippen molar-refractivity contribution in [1.29, 1.82) is 0 Å². The van der Waals surface area contributed by atoms with E-state index < -0.39 is 6.04 Å². The van der Waals surface area contributed by atoms with Crippen LogP contribution in [0, 0.1) is 5.92 Å². The number of hydrogen-bond acceptors (Lipinski definition) is 4. The molecule has 1 aliphatic rings. The van der Waals surface area contributed by atoms with Gasteiger partial charge in [0, 0.05) is 44.4 Å². The Morgan fingerprint density at radius 2 is 2.00 bits per heavy atom. The van der Waals surface area contributed by atoms with Crippen LogP contribution in [0.2, 0.25) is 10.0 Å². The maximum absolute atomic E-state index is 13.2. The summed E-state index contributed by atoms with van der Waals surface area (Å²) in [6.07, 6.45) is 0.951. The molecule has 1 N–H and O–H groups in total. The van der Waals surface area contributed by atoms with Crippen molar-refractivity contribution in [3.8, 4) is 0 Å². The second-order valence-electron chi connectivity index (χ2n) is 7.69. The van der Waals surface area contributed by atoms with Crippen LogP contribution in [-0.2, 0) is 9.53 Å². The lowest BCUT2D eigenvalue weighted by Crippen LogP contribution is -2.59. The Morgan fingerprint density at radius 3 is 2.59 bits per heavy atom. The molecule has 29 heavy (non-hydrogen) atoms. The number of nitrogens with one attached hydrogen (secondary N) is 1. The fraction of sp³-hybridized carbons (Fsp3) is 0.619. The lowest BCUT2D eigenvalue weighted by molar-refractivity contribution is -0.137. The number of carbonyl (C=O) groups excluding carboxylic acids is 2. The minimum absolute atomic E-state index is 0.0517. The molecule has 0 bridgehead atoms. The number of piperazine rings is 1. The molecule has 8 heteroatoms. The minimum Gasteiger partial charge on any atom is -0.383 e. The number of hydrogen-bond donors (Lipinski definition) is 1. The Balaban J connectivity index is 2.08. The Kier molecular flexibility index (Phi) is 9.21. The van der Waals surface area contributed by atoms with Crippen molar-refractivity contribution in [3.05, 3.63) is 33.8 Å². The molecule has 1 aromatic carbocycles. The zero-order valence-corrected chi connectivity index (χ0v) is 19.1. The summed E-state index contributed by atoms with van der Waals surface area (Å²) in [5.74, 6) is -0.475. The largest absolute Gasteiger partial charge is 0.383 e. The van der Waals surface area contributed by atoms with E-state index in [1.165, 1.54) is 6.07 Å². The molecule has 1 aromatic rings. The van der Waals surface area contributed by atoms with E-state index in [4.69, 9.17) is 27.9 Å². The van der Waals surface area contributed by atoms with Gasteiger partial charge in [-0.2, -0.15) is 0 Å². The van der Waals surface area contributed by atoms with Gasteiger partial charge in [0.25, 0.3) is 5.91 Å². The Bertz CT molecular complexity index is 714. The summed E-state index contributed by atoms with van der Waals surface area (Å²) >= 11 is 12.1. The van der Waals surface area contributed by atoms with E-state index >= 15 is 0 Å². The predicted octanol–water partition coefficient (Wildman–Crippen LogP) is 3.32. The topological polar surface area (TPSA) is 61.9 Å². The molecule has 1 saturated heterocycles.